The molecule has 5 nitrogen and oxygen atoms in total. The van der Waals surface area contributed by atoms with Gasteiger partial charge in [0, 0.05) is 23.7 Å². The van der Waals surface area contributed by atoms with Gasteiger partial charge in [-0.1, -0.05) is 36.4 Å². The molecule has 0 fully saturated rings. The average Bonchev–Trinajstić information content (AvgIpc) is 3.20. The van der Waals surface area contributed by atoms with Crippen molar-refractivity contribution >= 4 is 5.69 Å². The molecule has 2 heterocycles. The standard InChI is InChI=1S/C24H22N4O/c25-22-9-5-4-8-20(22)21-14-15-26-28-16-23(27-24(21)28)17-10-12-19(13-11-17)29-18-6-2-1-3-7-18/h1-13,16,21,26H,14-15,25H2. The van der Waals surface area contributed by atoms with Crippen molar-refractivity contribution in [1.82, 2.24) is 9.66 Å². The molecule has 5 rings (SSSR count). The van der Waals surface area contributed by atoms with Crippen LogP contribution in [0.15, 0.2) is 85.1 Å². The van der Waals surface area contributed by atoms with Gasteiger partial charge in [0.1, 0.15) is 17.3 Å². The fourth-order valence-corrected chi connectivity index (χ4v) is 3.81. The first kappa shape index (κ1) is 17.4. The van der Waals surface area contributed by atoms with Gasteiger partial charge in [0.25, 0.3) is 0 Å². The second-order valence-corrected chi connectivity index (χ2v) is 7.17. The van der Waals surface area contributed by atoms with E-state index < -0.39 is 0 Å². The Morgan fingerprint density at radius 1 is 0.897 bits per heavy atom. The maximum Gasteiger partial charge on any atom is 0.135 e. The van der Waals surface area contributed by atoms with Crippen LogP contribution in [0.4, 0.5) is 5.69 Å². The van der Waals surface area contributed by atoms with Crippen molar-refractivity contribution in [2.24, 2.45) is 0 Å². The number of rotatable bonds is 4. The summed E-state index contributed by atoms with van der Waals surface area (Å²) in [6.07, 6.45) is 3.02. The normalized spacial score (nSPS) is 15.4. The summed E-state index contributed by atoms with van der Waals surface area (Å²) in [7, 11) is 0. The Balaban J connectivity index is 1.42. The fraction of sp³-hybridized carbons (Fsp3) is 0.125. The Morgan fingerprint density at radius 2 is 1.62 bits per heavy atom. The summed E-state index contributed by atoms with van der Waals surface area (Å²) in [4.78, 5) is 4.94. The number of anilines is 1. The monoisotopic (exact) mass is 382 g/mol. The van der Waals surface area contributed by atoms with Gasteiger partial charge >= 0.3 is 0 Å². The number of nitrogens with two attached hydrogens (primary N) is 1. The maximum atomic E-state index is 6.24. The molecule has 29 heavy (non-hydrogen) atoms. The van der Waals surface area contributed by atoms with Gasteiger partial charge in [-0.3, -0.25) is 4.68 Å². The van der Waals surface area contributed by atoms with Gasteiger partial charge < -0.3 is 15.9 Å². The molecule has 144 valence electrons. The van der Waals surface area contributed by atoms with Crippen LogP contribution in [-0.4, -0.2) is 16.2 Å². The smallest absolute Gasteiger partial charge is 0.135 e. The fourth-order valence-electron chi connectivity index (χ4n) is 3.81. The van der Waals surface area contributed by atoms with Crippen molar-refractivity contribution in [1.29, 1.82) is 0 Å². The minimum atomic E-state index is 0.187. The summed E-state index contributed by atoms with van der Waals surface area (Å²) in [5.41, 5.74) is 13.6. The summed E-state index contributed by atoms with van der Waals surface area (Å²) in [6, 6.07) is 25.9. The second-order valence-electron chi connectivity index (χ2n) is 7.17. The van der Waals surface area contributed by atoms with Crippen molar-refractivity contribution in [3.8, 4) is 22.8 Å². The lowest BCUT2D eigenvalue weighted by molar-refractivity contribution is 0.483. The molecule has 1 unspecified atom stereocenters. The van der Waals surface area contributed by atoms with Gasteiger partial charge in [0.2, 0.25) is 0 Å². The third-order valence-corrected chi connectivity index (χ3v) is 5.26. The third kappa shape index (κ3) is 3.43. The highest BCUT2D eigenvalue weighted by atomic mass is 16.5. The molecule has 3 aromatic carbocycles. The summed E-state index contributed by atoms with van der Waals surface area (Å²) in [5, 5.41) is 0. The molecule has 0 bridgehead atoms. The van der Waals surface area contributed by atoms with Crippen LogP contribution < -0.4 is 15.9 Å². The van der Waals surface area contributed by atoms with Gasteiger partial charge in [-0.05, 0) is 54.4 Å². The molecule has 0 radical (unpaired) electrons. The number of benzene rings is 3. The lowest BCUT2D eigenvalue weighted by Gasteiger charge is -2.25. The minimum Gasteiger partial charge on any atom is -0.457 e. The molecule has 1 aliphatic heterocycles. The Bertz CT molecular complexity index is 1120. The summed E-state index contributed by atoms with van der Waals surface area (Å²) in [5.74, 6) is 2.81. The lowest BCUT2D eigenvalue weighted by atomic mass is 9.92. The van der Waals surface area contributed by atoms with Crippen LogP contribution >= 0.6 is 0 Å². The molecule has 5 heteroatoms. The van der Waals surface area contributed by atoms with E-state index in [4.69, 9.17) is 15.5 Å². The molecule has 0 spiro atoms. The molecular formula is C24H22N4O. The zero-order valence-electron chi connectivity index (χ0n) is 16.0. The number of fused-ring (bicyclic) bond motifs is 1. The van der Waals surface area contributed by atoms with E-state index in [9.17, 15) is 0 Å². The van der Waals surface area contributed by atoms with Crippen molar-refractivity contribution in [3.63, 3.8) is 0 Å². The van der Waals surface area contributed by atoms with Crippen molar-refractivity contribution in [2.45, 2.75) is 12.3 Å². The van der Waals surface area contributed by atoms with Crippen LogP contribution in [0.3, 0.4) is 0 Å². The number of para-hydroxylation sites is 2. The van der Waals surface area contributed by atoms with E-state index in [1.807, 2.05) is 83.7 Å². The van der Waals surface area contributed by atoms with Crippen LogP contribution in [0.5, 0.6) is 11.5 Å². The Hall–Kier alpha value is -3.73. The van der Waals surface area contributed by atoms with Crippen LogP contribution in [0.2, 0.25) is 0 Å². The van der Waals surface area contributed by atoms with Crippen LogP contribution in [0.1, 0.15) is 23.7 Å². The van der Waals surface area contributed by atoms with Crippen LogP contribution in [0.25, 0.3) is 11.3 Å². The zero-order valence-corrected chi connectivity index (χ0v) is 16.0. The van der Waals surface area contributed by atoms with Crippen molar-refractivity contribution < 1.29 is 4.74 Å². The number of nitrogens with zero attached hydrogens (tertiary/aromatic N) is 2. The highest BCUT2D eigenvalue weighted by Crippen LogP contribution is 2.34. The van der Waals surface area contributed by atoms with Gasteiger partial charge in [-0.15, -0.1) is 0 Å². The topological polar surface area (TPSA) is 65.1 Å². The predicted octanol–water partition coefficient (Wildman–Crippen LogP) is 5.00. The van der Waals surface area contributed by atoms with E-state index in [1.165, 1.54) is 0 Å². The number of hydrogen-bond acceptors (Lipinski definition) is 4. The Kier molecular flexibility index (Phi) is 4.41. The number of aromatic nitrogens is 2. The summed E-state index contributed by atoms with van der Waals surface area (Å²) >= 11 is 0. The SMILES string of the molecule is Nc1ccccc1C1CCNn2cc(-c3ccc(Oc4ccccc4)cc3)nc21. The summed E-state index contributed by atoms with van der Waals surface area (Å²) < 4.78 is 7.92. The first-order valence-corrected chi connectivity index (χ1v) is 9.79. The molecule has 3 N–H and O–H groups in total. The number of ether oxygens (including phenoxy) is 1. The third-order valence-electron chi connectivity index (χ3n) is 5.26. The molecule has 4 aromatic rings. The van der Waals surface area contributed by atoms with Gasteiger partial charge in [-0.2, -0.15) is 0 Å². The molecule has 0 amide bonds. The molecule has 0 saturated carbocycles. The van der Waals surface area contributed by atoms with E-state index in [1.54, 1.807) is 0 Å². The molecule has 1 atom stereocenters. The van der Waals surface area contributed by atoms with E-state index in [0.717, 1.165) is 52.8 Å². The minimum absolute atomic E-state index is 0.187. The molecule has 1 aliphatic rings. The second kappa shape index (κ2) is 7.36. The number of hydrogen-bond donors (Lipinski definition) is 2. The van der Waals surface area contributed by atoms with E-state index in [-0.39, 0.29) is 5.92 Å². The quantitative estimate of drug-likeness (QED) is 0.487. The van der Waals surface area contributed by atoms with E-state index in [0.29, 0.717) is 0 Å². The Morgan fingerprint density at radius 3 is 2.41 bits per heavy atom. The van der Waals surface area contributed by atoms with E-state index >= 15 is 0 Å². The molecule has 0 aliphatic carbocycles. The van der Waals surface area contributed by atoms with Gasteiger partial charge in [-0.25, -0.2) is 4.98 Å². The van der Waals surface area contributed by atoms with Crippen LogP contribution in [0, 0.1) is 0 Å². The van der Waals surface area contributed by atoms with Crippen LogP contribution in [-0.2, 0) is 0 Å². The maximum absolute atomic E-state index is 6.24. The van der Waals surface area contributed by atoms with E-state index in [2.05, 4.69) is 11.5 Å². The van der Waals surface area contributed by atoms with Crippen molar-refractivity contribution in [2.75, 3.05) is 17.7 Å². The Labute approximate surface area is 169 Å². The van der Waals surface area contributed by atoms with Gasteiger partial charge in [0.15, 0.2) is 0 Å². The first-order valence-electron chi connectivity index (χ1n) is 9.79. The number of nitrogens with one attached hydrogen (secondary N) is 1. The number of imidazole rings is 1. The molecular weight excluding hydrogens is 360 g/mol. The lowest BCUT2D eigenvalue weighted by Crippen LogP contribution is -2.28. The largest absolute Gasteiger partial charge is 0.457 e. The summed E-state index contributed by atoms with van der Waals surface area (Å²) in [6.45, 7) is 0.881. The number of nitrogen functional groups attached to an aromatic ring is 1. The van der Waals surface area contributed by atoms with Crippen molar-refractivity contribution in [3.05, 3.63) is 96.4 Å². The average molecular weight is 382 g/mol. The van der Waals surface area contributed by atoms with Gasteiger partial charge in [0.05, 0.1) is 11.9 Å². The molecule has 0 saturated heterocycles. The first-order chi connectivity index (χ1) is 14.3. The highest BCUT2D eigenvalue weighted by Gasteiger charge is 2.26. The zero-order chi connectivity index (χ0) is 19.6. The predicted molar refractivity (Wildman–Crippen MR) is 116 cm³/mol. The highest BCUT2D eigenvalue weighted by molar-refractivity contribution is 5.61. The molecule has 1 aromatic heterocycles.